The van der Waals surface area contributed by atoms with Crippen LogP contribution < -0.4 is 10.6 Å². The highest BCUT2D eigenvalue weighted by Crippen LogP contribution is 2.20. The standard InChI is InChI=1S/C12H16N2O5/c15-10(16)12(3-6-18-7-4-12)14-11(17)13-8-9-2-1-5-19-9/h1-2,5H,3-4,6-8H2,(H,15,16)(H2,13,14,17). The summed E-state index contributed by atoms with van der Waals surface area (Å²) in [5, 5.41) is 14.4. The molecule has 0 bridgehead atoms. The van der Waals surface area contributed by atoms with Gasteiger partial charge in [0.15, 0.2) is 0 Å². The molecular weight excluding hydrogens is 252 g/mol. The summed E-state index contributed by atoms with van der Waals surface area (Å²) in [6.07, 6.45) is 2.03. The summed E-state index contributed by atoms with van der Waals surface area (Å²) in [6.45, 7) is 0.862. The van der Waals surface area contributed by atoms with Crippen LogP contribution in [0.15, 0.2) is 22.8 Å². The quantitative estimate of drug-likeness (QED) is 0.746. The Bertz CT molecular complexity index is 437. The van der Waals surface area contributed by atoms with Gasteiger partial charge in [0.05, 0.1) is 12.8 Å². The molecule has 3 N–H and O–H groups in total. The largest absolute Gasteiger partial charge is 0.480 e. The Kier molecular flexibility index (Phi) is 4.06. The van der Waals surface area contributed by atoms with Gasteiger partial charge in [-0.3, -0.25) is 0 Å². The van der Waals surface area contributed by atoms with E-state index in [-0.39, 0.29) is 19.4 Å². The van der Waals surface area contributed by atoms with Gasteiger partial charge in [-0.1, -0.05) is 0 Å². The molecule has 2 heterocycles. The van der Waals surface area contributed by atoms with Crippen molar-refractivity contribution in [1.29, 1.82) is 0 Å². The molecule has 0 aliphatic carbocycles. The average Bonchev–Trinajstić information content (AvgIpc) is 2.90. The summed E-state index contributed by atoms with van der Waals surface area (Å²) in [5.41, 5.74) is -1.24. The van der Waals surface area contributed by atoms with Gasteiger partial charge in [-0.2, -0.15) is 0 Å². The fraction of sp³-hybridized carbons (Fsp3) is 0.500. The van der Waals surface area contributed by atoms with Gasteiger partial charge in [0.2, 0.25) is 0 Å². The minimum absolute atomic E-state index is 0.213. The molecule has 104 valence electrons. The summed E-state index contributed by atoms with van der Waals surface area (Å²) in [4.78, 5) is 23.1. The molecule has 1 aromatic heterocycles. The van der Waals surface area contributed by atoms with Crippen molar-refractivity contribution < 1.29 is 23.8 Å². The average molecular weight is 268 g/mol. The molecule has 1 aromatic rings. The molecule has 0 aromatic carbocycles. The third kappa shape index (κ3) is 3.25. The highest BCUT2D eigenvalue weighted by atomic mass is 16.5. The lowest BCUT2D eigenvalue weighted by Crippen LogP contribution is -2.59. The van der Waals surface area contributed by atoms with Crippen molar-refractivity contribution in [3.63, 3.8) is 0 Å². The van der Waals surface area contributed by atoms with E-state index in [0.717, 1.165) is 0 Å². The van der Waals surface area contributed by atoms with E-state index in [1.807, 2.05) is 0 Å². The number of aliphatic carboxylic acids is 1. The summed E-state index contributed by atoms with van der Waals surface area (Å²) >= 11 is 0. The van der Waals surface area contributed by atoms with Crippen LogP contribution in [0.25, 0.3) is 0 Å². The summed E-state index contributed by atoms with van der Waals surface area (Å²) < 4.78 is 10.2. The minimum Gasteiger partial charge on any atom is -0.480 e. The Morgan fingerprint density at radius 1 is 1.37 bits per heavy atom. The smallest absolute Gasteiger partial charge is 0.329 e. The van der Waals surface area contributed by atoms with Crippen molar-refractivity contribution >= 4 is 12.0 Å². The Hall–Kier alpha value is -2.02. The number of ether oxygens (including phenoxy) is 1. The second-order valence-corrected chi connectivity index (χ2v) is 4.39. The fourth-order valence-corrected chi connectivity index (χ4v) is 1.95. The maximum atomic E-state index is 11.7. The van der Waals surface area contributed by atoms with E-state index in [1.165, 1.54) is 6.26 Å². The van der Waals surface area contributed by atoms with E-state index >= 15 is 0 Å². The highest BCUT2D eigenvalue weighted by Gasteiger charge is 2.41. The number of hydrogen-bond donors (Lipinski definition) is 3. The Morgan fingerprint density at radius 2 is 2.11 bits per heavy atom. The predicted octanol–water partition coefficient (Wildman–Crippen LogP) is 0.713. The number of urea groups is 1. The van der Waals surface area contributed by atoms with Crippen LogP contribution >= 0.6 is 0 Å². The van der Waals surface area contributed by atoms with E-state index in [4.69, 9.17) is 9.15 Å². The lowest BCUT2D eigenvalue weighted by molar-refractivity contribution is -0.148. The van der Waals surface area contributed by atoms with Gasteiger partial charge in [-0.05, 0) is 12.1 Å². The third-order valence-electron chi connectivity index (χ3n) is 3.11. The van der Waals surface area contributed by atoms with Gasteiger partial charge in [0.25, 0.3) is 0 Å². The van der Waals surface area contributed by atoms with Crippen LogP contribution in [0.4, 0.5) is 4.79 Å². The zero-order valence-electron chi connectivity index (χ0n) is 10.3. The molecule has 0 atom stereocenters. The van der Waals surface area contributed by atoms with Crippen LogP contribution in [0.5, 0.6) is 0 Å². The van der Waals surface area contributed by atoms with Crippen molar-refractivity contribution in [1.82, 2.24) is 10.6 Å². The Labute approximate surface area is 109 Å². The second-order valence-electron chi connectivity index (χ2n) is 4.39. The SMILES string of the molecule is O=C(NCc1ccco1)NC1(C(=O)O)CCOCC1. The first-order chi connectivity index (χ1) is 9.12. The number of carbonyl (C=O) groups is 2. The van der Waals surface area contributed by atoms with Crippen LogP contribution in [0.3, 0.4) is 0 Å². The van der Waals surface area contributed by atoms with Gasteiger partial charge in [0.1, 0.15) is 11.3 Å². The fourth-order valence-electron chi connectivity index (χ4n) is 1.95. The zero-order valence-corrected chi connectivity index (χ0v) is 10.3. The molecule has 1 fully saturated rings. The molecule has 0 unspecified atom stereocenters. The number of nitrogens with one attached hydrogen (secondary N) is 2. The van der Waals surface area contributed by atoms with Crippen molar-refractivity contribution in [2.24, 2.45) is 0 Å². The Balaban J connectivity index is 1.90. The molecule has 1 aliphatic rings. The second kappa shape index (κ2) is 5.75. The number of carbonyl (C=O) groups excluding carboxylic acids is 1. The van der Waals surface area contributed by atoms with Crippen LogP contribution in [-0.2, 0) is 16.1 Å². The van der Waals surface area contributed by atoms with Crippen molar-refractivity contribution in [2.45, 2.75) is 24.9 Å². The van der Waals surface area contributed by atoms with E-state index in [9.17, 15) is 14.7 Å². The molecular formula is C12H16N2O5. The molecule has 7 nitrogen and oxygen atoms in total. The monoisotopic (exact) mass is 268 g/mol. The normalized spacial score (nSPS) is 17.7. The van der Waals surface area contributed by atoms with E-state index in [0.29, 0.717) is 19.0 Å². The molecule has 0 spiro atoms. The van der Waals surface area contributed by atoms with E-state index < -0.39 is 17.5 Å². The molecule has 1 aliphatic heterocycles. The topological polar surface area (TPSA) is 101 Å². The van der Waals surface area contributed by atoms with Crippen LogP contribution in [0.2, 0.25) is 0 Å². The van der Waals surface area contributed by atoms with Gasteiger partial charge in [-0.25, -0.2) is 9.59 Å². The lowest BCUT2D eigenvalue weighted by Gasteiger charge is -2.33. The number of carboxylic acid groups (broad SMARTS) is 1. The van der Waals surface area contributed by atoms with Crippen molar-refractivity contribution in [2.75, 3.05) is 13.2 Å². The van der Waals surface area contributed by atoms with E-state index in [1.54, 1.807) is 12.1 Å². The number of furan rings is 1. The molecule has 1 saturated heterocycles. The summed E-state index contributed by atoms with van der Waals surface area (Å²) in [7, 11) is 0. The number of rotatable bonds is 4. The van der Waals surface area contributed by atoms with Gasteiger partial charge in [-0.15, -0.1) is 0 Å². The molecule has 2 rings (SSSR count). The molecule has 0 radical (unpaired) electrons. The lowest BCUT2D eigenvalue weighted by atomic mass is 9.90. The molecule has 7 heteroatoms. The third-order valence-corrected chi connectivity index (χ3v) is 3.11. The van der Waals surface area contributed by atoms with Crippen LogP contribution in [-0.4, -0.2) is 35.9 Å². The number of amides is 2. The van der Waals surface area contributed by atoms with Crippen LogP contribution in [0, 0.1) is 0 Å². The highest BCUT2D eigenvalue weighted by molar-refractivity contribution is 5.86. The number of carboxylic acids is 1. The van der Waals surface area contributed by atoms with E-state index in [2.05, 4.69) is 10.6 Å². The molecule has 0 saturated carbocycles. The van der Waals surface area contributed by atoms with Gasteiger partial charge >= 0.3 is 12.0 Å². The Morgan fingerprint density at radius 3 is 2.68 bits per heavy atom. The molecule has 19 heavy (non-hydrogen) atoms. The van der Waals surface area contributed by atoms with Crippen LogP contribution in [0.1, 0.15) is 18.6 Å². The first-order valence-corrected chi connectivity index (χ1v) is 6.02. The summed E-state index contributed by atoms with van der Waals surface area (Å²) in [5.74, 6) is -0.435. The van der Waals surface area contributed by atoms with Crippen molar-refractivity contribution in [3.05, 3.63) is 24.2 Å². The maximum absolute atomic E-state index is 11.7. The maximum Gasteiger partial charge on any atom is 0.329 e. The minimum atomic E-state index is -1.24. The summed E-state index contributed by atoms with van der Waals surface area (Å²) in [6, 6.07) is 2.91. The number of hydrogen-bond acceptors (Lipinski definition) is 4. The first-order valence-electron chi connectivity index (χ1n) is 6.02. The van der Waals surface area contributed by atoms with Gasteiger partial charge < -0.3 is 24.9 Å². The van der Waals surface area contributed by atoms with Crippen molar-refractivity contribution in [3.8, 4) is 0 Å². The molecule has 2 amide bonds. The first kappa shape index (κ1) is 13.4. The zero-order chi connectivity index (χ0) is 13.7. The van der Waals surface area contributed by atoms with Gasteiger partial charge in [0, 0.05) is 26.1 Å². The predicted molar refractivity (Wildman–Crippen MR) is 64.5 cm³/mol.